The average Bonchev–Trinajstić information content (AvgIpc) is 2.96. The molecule has 134 valence electrons. The van der Waals surface area contributed by atoms with E-state index in [-0.39, 0.29) is 10.3 Å². The molecule has 8 heteroatoms. The van der Waals surface area contributed by atoms with E-state index in [0.717, 1.165) is 16.9 Å². The number of aromatic nitrogens is 2. The average molecular weight is 371 g/mol. The Balaban J connectivity index is 2.06. The molecule has 0 bridgehead atoms. The summed E-state index contributed by atoms with van der Waals surface area (Å²) in [6.07, 6.45) is 3.34. The molecule has 0 aliphatic heterocycles. The molecule has 2 heterocycles. The Morgan fingerprint density at radius 3 is 2.69 bits per heavy atom. The predicted molar refractivity (Wildman–Crippen MR) is 97.8 cm³/mol. The van der Waals surface area contributed by atoms with Crippen molar-refractivity contribution in [2.75, 3.05) is 14.2 Å². The third-order valence-electron chi connectivity index (χ3n) is 3.86. The van der Waals surface area contributed by atoms with Crippen LogP contribution in [0.5, 0.6) is 11.5 Å². The summed E-state index contributed by atoms with van der Waals surface area (Å²) in [5.74, 6) is 0.126. The van der Waals surface area contributed by atoms with E-state index < -0.39 is 11.5 Å². The number of aryl methyl sites for hydroxylation is 1. The van der Waals surface area contributed by atoms with Crippen molar-refractivity contribution < 1.29 is 19.4 Å². The summed E-state index contributed by atoms with van der Waals surface area (Å²) in [7, 11) is 3.09. The van der Waals surface area contributed by atoms with Crippen molar-refractivity contribution in [3.63, 3.8) is 0 Å². The fourth-order valence-corrected chi connectivity index (χ4v) is 3.67. The summed E-state index contributed by atoms with van der Waals surface area (Å²) < 4.78 is 10.6. The molecular weight excluding hydrogens is 356 g/mol. The van der Waals surface area contributed by atoms with Crippen LogP contribution in [0.15, 0.2) is 23.0 Å². The second kappa shape index (κ2) is 7.01. The molecule has 1 N–H and O–H groups in total. The molecule has 7 nitrogen and oxygen atoms in total. The van der Waals surface area contributed by atoms with Gasteiger partial charge in [-0.1, -0.05) is 12.1 Å². The normalized spacial score (nSPS) is 11.2. The lowest BCUT2D eigenvalue weighted by Crippen LogP contribution is -2.21. The van der Waals surface area contributed by atoms with Crippen LogP contribution in [-0.2, 0) is 0 Å². The maximum absolute atomic E-state index is 12.3. The Hall–Kier alpha value is -3.13. The van der Waals surface area contributed by atoms with Gasteiger partial charge in [0.2, 0.25) is 0 Å². The number of rotatable bonds is 5. The van der Waals surface area contributed by atoms with Crippen molar-refractivity contribution in [2.45, 2.75) is 6.92 Å². The second-order valence-electron chi connectivity index (χ2n) is 5.39. The number of carboxylic acids is 1. The molecule has 3 aromatic rings. The molecule has 0 unspecified atom stereocenters. The maximum Gasteiger partial charge on any atom is 0.260 e. The number of aromatic carboxylic acids is 1. The summed E-state index contributed by atoms with van der Waals surface area (Å²) in [5.41, 5.74) is 0.713. The van der Waals surface area contributed by atoms with Gasteiger partial charge >= 0.3 is 0 Å². The lowest BCUT2D eigenvalue weighted by atomic mass is 10.1. The van der Waals surface area contributed by atoms with Gasteiger partial charge in [0, 0.05) is 5.56 Å². The highest BCUT2D eigenvalue weighted by molar-refractivity contribution is 7.20. The molecule has 0 fully saturated rings. The summed E-state index contributed by atoms with van der Waals surface area (Å²) in [5, 5.41) is 11.4. The number of H-pyrrole nitrogens is 1. The van der Waals surface area contributed by atoms with Gasteiger partial charge in [0.15, 0.2) is 11.5 Å². The van der Waals surface area contributed by atoms with Crippen LogP contribution >= 0.6 is 11.3 Å². The zero-order chi connectivity index (χ0) is 18.8. The summed E-state index contributed by atoms with van der Waals surface area (Å²) in [6.45, 7) is 1.57. The van der Waals surface area contributed by atoms with Crippen molar-refractivity contribution in [1.29, 1.82) is 0 Å². The molecular formula is C18H15N2O5S-. The monoisotopic (exact) mass is 371 g/mol. The fourth-order valence-electron chi connectivity index (χ4n) is 2.65. The molecule has 26 heavy (non-hydrogen) atoms. The van der Waals surface area contributed by atoms with E-state index >= 15 is 0 Å². The van der Waals surface area contributed by atoms with Gasteiger partial charge in [0.1, 0.15) is 10.7 Å². The van der Waals surface area contributed by atoms with E-state index in [0.29, 0.717) is 27.7 Å². The van der Waals surface area contributed by atoms with Gasteiger partial charge in [0.25, 0.3) is 5.56 Å². The number of methoxy groups -OCH3 is 2. The number of ether oxygens (including phenoxy) is 2. The molecule has 0 spiro atoms. The lowest BCUT2D eigenvalue weighted by Gasteiger charge is -2.09. The molecule has 0 saturated heterocycles. The van der Waals surface area contributed by atoms with E-state index in [1.807, 2.05) is 12.1 Å². The Morgan fingerprint density at radius 2 is 2.04 bits per heavy atom. The first-order valence-electron chi connectivity index (χ1n) is 7.60. The minimum atomic E-state index is -1.32. The largest absolute Gasteiger partial charge is 0.544 e. The molecule has 0 amide bonds. The SMILES string of the molecule is COc1cccc(/C=C/c2nc3sc(C(=O)[O-])c(C)c3c(=O)[nH]2)c1OC. The minimum absolute atomic E-state index is 0.00796. The van der Waals surface area contributed by atoms with Crippen LogP contribution in [0.3, 0.4) is 0 Å². The van der Waals surface area contributed by atoms with Crippen molar-refractivity contribution in [2.24, 2.45) is 0 Å². The molecule has 3 rings (SSSR count). The van der Waals surface area contributed by atoms with Crippen LogP contribution in [0.2, 0.25) is 0 Å². The van der Waals surface area contributed by atoms with Gasteiger partial charge in [-0.2, -0.15) is 0 Å². The Bertz CT molecular complexity index is 1080. The molecule has 0 radical (unpaired) electrons. The van der Waals surface area contributed by atoms with Gasteiger partial charge in [-0.05, 0) is 30.7 Å². The van der Waals surface area contributed by atoms with E-state index in [1.165, 1.54) is 7.11 Å². The van der Waals surface area contributed by atoms with Crippen molar-refractivity contribution in [1.82, 2.24) is 9.97 Å². The highest BCUT2D eigenvalue weighted by atomic mass is 32.1. The van der Waals surface area contributed by atoms with Crippen molar-refractivity contribution >= 4 is 39.7 Å². The maximum atomic E-state index is 12.3. The molecule has 0 saturated carbocycles. The first-order valence-corrected chi connectivity index (χ1v) is 8.41. The van der Waals surface area contributed by atoms with Gasteiger partial charge in [-0.3, -0.25) is 4.79 Å². The summed E-state index contributed by atoms with van der Waals surface area (Å²) in [4.78, 5) is 30.8. The molecule has 1 aromatic carbocycles. The number of aromatic amines is 1. The number of hydrogen-bond acceptors (Lipinski definition) is 7. The van der Waals surface area contributed by atoms with E-state index in [9.17, 15) is 14.7 Å². The van der Waals surface area contributed by atoms with Gasteiger partial charge in [-0.15, -0.1) is 11.3 Å². The number of para-hydroxylation sites is 1. The third-order valence-corrected chi connectivity index (χ3v) is 5.02. The van der Waals surface area contributed by atoms with Crippen LogP contribution in [0.25, 0.3) is 22.4 Å². The standard InChI is InChI=1S/C18H16N2O5S/c1-9-13-16(21)19-12(20-17(13)26-15(9)18(22)23)8-7-10-5-4-6-11(24-2)14(10)25-3/h4-8H,1-3H3,(H,22,23)(H,19,20,21)/p-1/b8-7+. The highest BCUT2D eigenvalue weighted by Crippen LogP contribution is 2.32. The molecule has 0 aliphatic carbocycles. The third kappa shape index (κ3) is 3.06. The van der Waals surface area contributed by atoms with Crippen LogP contribution in [0.4, 0.5) is 0 Å². The summed E-state index contributed by atoms with van der Waals surface area (Å²) in [6, 6.07) is 5.42. The van der Waals surface area contributed by atoms with Crippen LogP contribution in [0, 0.1) is 6.92 Å². The number of benzene rings is 1. The Morgan fingerprint density at radius 1 is 1.27 bits per heavy atom. The van der Waals surface area contributed by atoms with Crippen LogP contribution in [-0.4, -0.2) is 30.2 Å². The van der Waals surface area contributed by atoms with E-state index in [2.05, 4.69) is 9.97 Å². The number of carbonyl (C=O) groups is 1. The van der Waals surface area contributed by atoms with Crippen molar-refractivity contribution in [3.05, 3.63) is 50.4 Å². The van der Waals surface area contributed by atoms with Gasteiger partial charge in [-0.25, -0.2) is 4.98 Å². The topological polar surface area (TPSA) is 104 Å². The first kappa shape index (κ1) is 17.7. The predicted octanol–water partition coefficient (Wildman–Crippen LogP) is 1.84. The zero-order valence-electron chi connectivity index (χ0n) is 14.3. The quantitative estimate of drug-likeness (QED) is 0.734. The number of carboxylic acid groups (broad SMARTS) is 1. The number of thiophene rings is 1. The van der Waals surface area contributed by atoms with Crippen LogP contribution < -0.4 is 20.1 Å². The van der Waals surface area contributed by atoms with Crippen LogP contribution in [0.1, 0.15) is 26.6 Å². The lowest BCUT2D eigenvalue weighted by molar-refractivity contribution is -0.254. The Labute approximate surface area is 152 Å². The first-order chi connectivity index (χ1) is 12.5. The fraction of sp³-hybridized carbons (Fsp3) is 0.167. The number of nitrogens with zero attached hydrogens (tertiary/aromatic N) is 1. The van der Waals surface area contributed by atoms with E-state index in [4.69, 9.17) is 9.47 Å². The van der Waals surface area contributed by atoms with Gasteiger partial charge < -0.3 is 24.4 Å². The number of hydrogen-bond donors (Lipinski definition) is 1. The Kier molecular flexibility index (Phi) is 4.77. The van der Waals surface area contributed by atoms with Crippen molar-refractivity contribution in [3.8, 4) is 11.5 Å². The number of carbonyl (C=O) groups excluding carboxylic acids is 1. The number of nitrogens with one attached hydrogen (secondary N) is 1. The highest BCUT2D eigenvalue weighted by Gasteiger charge is 2.14. The van der Waals surface area contributed by atoms with Gasteiger partial charge in [0.05, 0.1) is 30.5 Å². The molecule has 0 aliphatic rings. The van der Waals surface area contributed by atoms with E-state index in [1.54, 1.807) is 32.3 Å². The zero-order valence-corrected chi connectivity index (χ0v) is 15.1. The number of fused-ring (bicyclic) bond motifs is 1. The summed E-state index contributed by atoms with van der Waals surface area (Å²) >= 11 is 0.924. The minimum Gasteiger partial charge on any atom is -0.544 e. The smallest absolute Gasteiger partial charge is 0.260 e. The molecule has 0 atom stereocenters. The second-order valence-corrected chi connectivity index (χ2v) is 6.39. The molecule has 2 aromatic heterocycles.